The molecule has 0 radical (unpaired) electrons. The van der Waals surface area contributed by atoms with E-state index in [0.29, 0.717) is 28.5 Å². The zero-order chi connectivity index (χ0) is 17.1. The number of nitrogens with zero attached hydrogens (tertiary/aromatic N) is 2. The Labute approximate surface area is 156 Å². The normalized spacial score (nSPS) is 10.2. The second kappa shape index (κ2) is 8.14. The third kappa shape index (κ3) is 4.18. The number of fused-ring (bicyclic) bond motifs is 1. The van der Waals surface area contributed by atoms with Crippen LogP contribution in [0, 0.1) is 6.92 Å². The molecule has 0 bridgehead atoms. The SMILES string of the molecule is CCOC(=O)c1cnc2nc(C)ccc2c1Nc1ccc(Cl)cc1.Cl. The van der Waals surface area contributed by atoms with Gasteiger partial charge in [0.05, 0.1) is 12.3 Å². The molecule has 0 aliphatic carbocycles. The molecule has 1 aromatic carbocycles. The van der Waals surface area contributed by atoms with Crippen LogP contribution in [0.5, 0.6) is 0 Å². The number of aromatic nitrogens is 2. The average molecular weight is 378 g/mol. The van der Waals surface area contributed by atoms with Gasteiger partial charge in [-0.05, 0) is 50.2 Å². The van der Waals surface area contributed by atoms with Gasteiger partial charge in [0.25, 0.3) is 0 Å². The number of esters is 1. The molecule has 0 saturated carbocycles. The highest BCUT2D eigenvalue weighted by Crippen LogP contribution is 2.29. The van der Waals surface area contributed by atoms with Crippen LogP contribution in [0.25, 0.3) is 11.0 Å². The lowest BCUT2D eigenvalue weighted by Gasteiger charge is -2.14. The van der Waals surface area contributed by atoms with E-state index in [9.17, 15) is 4.79 Å². The summed E-state index contributed by atoms with van der Waals surface area (Å²) < 4.78 is 5.14. The van der Waals surface area contributed by atoms with Gasteiger partial charge in [-0.3, -0.25) is 0 Å². The van der Waals surface area contributed by atoms with Gasteiger partial charge in [-0.2, -0.15) is 0 Å². The summed E-state index contributed by atoms with van der Waals surface area (Å²) in [6.07, 6.45) is 1.49. The van der Waals surface area contributed by atoms with E-state index >= 15 is 0 Å². The number of pyridine rings is 2. The van der Waals surface area contributed by atoms with Crippen LogP contribution in [0.4, 0.5) is 11.4 Å². The highest BCUT2D eigenvalue weighted by molar-refractivity contribution is 6.30. The predicted molar refractivity (Wildman–Crippen MR) is 102 cm³/mol. The first-order valence-corrected chi connectivity index (χ1v) is 7.92. The monoisotopic (exact) mass is 377 g/mol. The van der Waals surface area contributed by atoms with E-state index in [1.54, 1.807) is 19.1 Å². The maximum Gasteiger partial charge on any atom is 0.341 e. The largest absolute Gasteiger partial charge is 0.462 e. The molecule has 2 heterocycles. The zero-order valence-electron chi connectivity index (χ0n) is 13.7. The average Bonchev–Trinajstić information content (AvgIpc) is 2.57. The van der Waals surface area contributed by atoms with Gasteiger partial charge in [-0.1, -0.05) is 11.6 Å². The highest BCUT2D eigenvalue weighted by atomic mass is 35.5. The number of halogens is 2. The summed E-state index contributed by atoms with van der Waals surface area (Å²) in [4.78, 5) is 21.0. The Balaban J connectivity index is 0.00000225. The molecule has 1 N–H and O–H groups in total. The summed E-state index contributed by atoms with van der Waals surface area (Å²) in [5.74, 6) is -0.427. The highest BCUT2D eigenvalue weighted by Gasteiger charge is 2.17. The molecule has 0 saturated heterocycles. The lowest BCUT2D eigenvalue weighted by molar-refractivity contribution is 0.0527. The molecule has 3 aromatic rings. The van der Waals surface area contributed by atoms with Crippen molar-refractivity contribution in [2.75, 3.05) is 11.9 Å². The summed E-state index contributed by atoms with van der Waals surface area (Å²) in [5.41, 5.74) is 3.21. The molecule has 25 heavy (non-hydrogen) atoms. The Kier molecular flexibility index (Phi) is 6.17. The van der Waals surface area contributed by atoms with E-state index in [0.717, 1.165) is 16.8 Å². The van der Waals surface area contributed by atoms with Gasteiger partial charge in [-0.25, -0.2) is 14.8 Å². The van der Waals surface area contributed by atoms with Crippen LogP contribution in [-0.2, 0) is 4.74 Å². The van der Waals surface area contributed by atoms with Crippen LogP contribution in [0.3, 0.4) is 0 Å². The Bertz CT molecular complexity index is 899. The molecule has 5 nitrogen and oxygen atoms in total. The van der Waals surface area contributed by atoms with Gasteiger partial charge in [0.2, 0.25) is 0 Å². The zero-order valence-corrected chi connectivity index (χ0v) is 15.3. The number of aryl methyl sites for hydroxylation is 1. The molecule has 0 aliphatic heterocycles. The minimum atomic E-state index is -0.427. The Morgan fingerprint density at radius 3 is 2.60 bits per heavy atom. The second-order valence-corrected chi connectivity index (χ2v) is 5.66. The summed E-state index contributed by atoms with van der Waals surface area (Å²) in [5, 5.41) is 4.65. The maximum absolute atomic E-state index is 12.3. The van der Waals surface area contributed by atoms with Crippen molar-refractivity contribution in [3.05, 3.63) is 58.9 Å². The molecule has 7 heteroatoms. The number of anilines is 2. The van der Waals surface area contributed by atoms with Crippen molar-refractivity contribution in [3.8, 4) is 0 Å². The van der Waals surface area contributed by atoms with Gasteiger partial charge in [-0.15, -0.1) is 12.4 Å². The van der Waals surface area contributed by atoms with Gasteiger partial charge in [0.1, 0.15) is 5.56 Å². The topological polar surface area (TPSA) is 64.1 Å². The van der Waals surface area contributed by atoms with Crippen molar-refractivity contribution >= 4 is 52.4 Å². The summed E-state index contributed by atoms with van der Waals surface area (Å²) in [6.45, 7) is 3.96. The van der Waals surface area contributed by atoms with E-state index in [-0.39, 0.29) is 12.4 Å². The van der Waals surface area contributed by atoms with Gasteiger partial charge < -0.3 is 10.1 Å². The van der Waals surface area contributed by atoms with Crippen LogP contribution >= 0.6 is 24.0 Å². The molecule has 0 aliphatic rings. The summed E-state index contributed by atoms with van der Waals surface area (Å²) in [7, 11) is 0. The van der Waals surface area contributed by atoms with Crippen molar-refractivity contribution in [2.24, 2.45) is 0 Å². The van der Waals surface area contributed by atoms with Crippen LogP contribution < -0.4 is 5.32 Å². The molecule has 2 aromatic heterocycles. The van der Waals surface area contributed by atoms with Gasteiger partial charge in [0, 0.05) is 28.0 Å². The number of nitrogens with one attached hydrogen (secondary N) is 1. The quantitative estimate of drug-likeness (QED) is 0.652. The molecule has 0 fully saturated rings. The van der Waals surface area contributed by atoms with E-state index in [1.165, 1.54) is 6.20 Å². The van der Waals surface area contributed by atoms with Crippen molar-refractivity contribution in [3.63, 3.8) is 0 Å². The number of benzene rings is 1. The number of hydrogen-bond acceptors (Lipinski definition) is 5. The van der Waals surface area contributed by atoms with Crippen molar-refractivity contribution in [2.45, 2.75) is 13.8 Å². The van der Waals surface area contributed by atoms with Crippen LogP contribution in [0.2, 0.25) is 5.02 Å². The van der Waals surface area contributed by atoms with E-state index in [1.807, 2.05) is 31.2 Å². The van der Waals surface area contributed by atoms with E-state index in [4.69, 9.17) is 16.3 Å². The first-order valence-electron chi connectivity index (χ1n) is 7.54. The Morgan fingerprint density at radius 2 is 1.92 bits per heavy atom. The minimum Gasteiger partial charge on any atom is -0.462 e. The van der Waals surface area contributed by atoms with Crippen LogP contribution in [0.15, 0.2) is 42.6 Å². The number of ether oxygens (including phenoxy) is 1. The Morgan fingerprint density at radius 1 is 1.20 bits per heavy atom. The van der Waals surface area contributed by atoms with Crippen LogP contribution in [0.1, 0.15) is 23.0 Å². The first kappa shape index (κ1) is 19.0. The number of hydrogen-bond donors (Lipinski definition) is 1. The number of carbonyl (C=O) groups excluding carboxylic acids is 1. The van der Waals surface area contributed by atoms with Gasteiger partial charge in [0.15, 0.2) is 5.65 Å². The number of rotatable bonds is 4. The molecule has 0 amide bonds. The number of carbonyl (C=O) groups is 1. The lowest BCUT2D eigenvalue weighted by Crippen LogP contribution is -2.09. The van der Waals surface area contributed by atoms with E-state index < -0.39 is 5.97 Å². The second-order valence-electron chi connectivity index (χ2n) is 5.22. The van der Waals surface area contributed by atoms with E-state index in [2.05, 4.69) is 15.3 Å². The fourth-order valence-electron chi connectivity index (χ4n) is 2.35. The molecule has 0 unspecified atom stereocenters. The smallest absolute Gasteiger partial charge is 0.341 e. The molecule has 0 spiro atoms. The van der Waals surface area contributed by atoms with Crippen molar-refractivity contribution < 1.29 is 9.53 Å². The molecule has 130 valence electrons. The summed E-state index contributed by atoms with van der Waals surface area (Å²) in [6, 6.07) is 11.0. The summed E-state index contributed by atoms with van der Waals surface area (Å²) >= 11 is 5.93. The van der Waals surface area contributed by atoms with Crippen LogP contribution in [-0.4, -0.2) is 22.5 Å². The molecular weight excluding hydrogens is 361 g/mol. The van der Waals surface area contributed by atoms with Crippen molar-refractivity contribution in [1.82, 2.24) is 9.97 Å². The molecule has 3 rings (SSSR count). The fraction of sp³-hybridized carbons (Fsp3) is 0.167. The Hall–Kier alpha value is -2.37. The van der Waals surface area contributed by atoms with Crippen molar-refractivity contribution in [1.29, 1.82) is 0 Å². The third-order valence-corrected chi connectivity index (χ3v) is 3.73. The van der Waals surface area contributed by atoms with Gasteiger partial charge >= 0.3 is 5.97 Å². The maximum atomic E-state index is 12.3. The lowest BCUT2D eigenvalue weighted by atomic mass is 10.1. The predicted octanol–water partition coefficient (Wildman–Crippen LogP) is 4.93. The third-order valence-electron chi connectivity index (χ3n) is 3.48. The fourth-order valence-corrected chi connectivity index (χ4v) is 2.47. The molecule has 0 atom stereocenters. The standard InChI is InChI=1S/C18H16ClN3O2.ClH/c1-3-24-18(23)15-10-20-17-14(9-4-11(2)21-17)16(15)22-13-7-5-12(19)6-8-13;/h4-10H,3H2,1-2H3,(H,20,21,22);1H. The minimum absolute atomic E-state index is 0. The first-order chi connectivity index (χ1) is 11.6. The molecular formula is C18H17Cl2N3O2.